The van der Waals surface area contributed by atoms with Crippen molar-refractivity contribution >= 4 is 12.4 Å². The van der Waals surface area contributed by atoms with Crippen LogP contribution in [0.2, 0.25) is 0 Å². The van der Waals surface area contributed by atoms with Gasteiger partial charge in [-0.3, -0.25) is 4.90 Å². The molecule has 2 aromatic carbocycles. The minimum Gasteiger partial charge on any atom is -0.326 e. The van der Waals surface area contributed by atoms with Gasteiger partial charge in [-0.2, -0.15) is 0 Å². The summed E-state index contributed by atoms with van der Waals surface area (Å²) < 4.78 is 26.5. The summed E-state index contributed by atoms with van der Waals surface area (Å²) in [7, 11) is 0. The van der Waals surface area contributed by atoms with Crippen LogP contribution >= 0.6 is 12.4 Å². The van der Waals surface area contributed by atoms with Crippen molar-refractivity contribution in [1.29, 1.82) is 0 Å². The highest BCUT2D eigenvalue weighted by Crippen LogP contribution is 2.27. The first-order valence-electron chi connectivity index (χ1n) is 7.09. The van der Waals surface area contributed by atoms with Gasteiger partial charge in [-0.1, -0.05) is 30.3 Å². The molecule has 0 saturated carbocycles. The molecule has 1 fully saturated rings. The van der Waals surface area contributed by atoms with E-state index in [9.17, 15) is 8.78 Å². The van der Waals surface area contributed by atoms with E-state index in [0.29, 0.717) is 12.1 Å². The number of nitrogens with zero attached hydrogens (tertiary/aromatic N) is 1. The van der Waals surface area contributed by atoms with Gasteiger partial charge >= 0.3 is 0 Å². The minimum atomic E-state index is -0.534. The Kier molecular flexibility index (Phi) is 5.51. The number of rotatable bonds is 3. The van der Waals surface area contributed by atoms with Gasteiger partial charge in [-0.05, 0) is 23.3 Å². The van der Waals surface area contributed by atoms with Crippen molar-refractivity contribution in [3.63, 3.8) is 0 Å². The zero-order chi connectivity index (χ0) is 14.8. The van der Waals surface area contributed by atoms with Gasteiger partial charge in [-0.25, -0.2) is 8.78 Å². The molecule has 1 heterocycles. The highest BCUT2D eigenvalue weighted by Gasteiger charge is 2.31. The fraction of sp³-hybridized carbons (Fsp3) is 0.294. The van der Waals surface area contributed by atoms with E-state index in [1.807, 2.05) is 18.2 Å². The summed E-state index contributed by atoms with van der Waals surface area (Å²) in [6.07, 6.45) is 0. The van der Waals surface area contributed by atoms with Gasteiger partial charge in [0.1, 0.15) is 11.6 Å². The minimum absolute atomic E-state index is 0. The van der Waals surface area contributed by atoms with Crippen molar-refractivity contribution in [2.24, 2.45) is 5.73 Å². The lowest BCUT2D eigenvalue weighted by molar-refractivity contribution is 0.322. The van der Waals surface area contributed by atoms with Crippen LogP contribution in [0.25, 0.3) is 0 Å². The normalized spacial score (nSPS) is 21.6. The first-order valence-corrected chi connectivity index (χ1v) is 7.09. The topological polar surface area (TPSA) is 29.3 Å². The van der Waals surface area contributed by atoms with E-state index in [-0.39, 0.29) is 24.4 Å². The average molecular weight is 325 g/mol. The van der Waals surface area contributed by atoms with Crippen LogP contribution in [-0.2, 0) is 6.54 Å². The van der Waals surface area contributed by atoms with Gasteiger partial charge < -0.3 is 5.73 Å². The molecule has 22 heavy (non-hydrogen) atoms. The Morgan fingerprint density at radius 3 is 2.27 bits per heavy atom. The second-order valence-electron chi connectivity index (χ2n) is 5.65. The summed E-state index contributed by atoms with van der Waals surface area (Å²) >= 11 is 0. The van der Waals surface area contributed by atoms with E-state index >= 15 is 0 Å². The monoisotopic (exact) mass is 324 g/mol. The predicted molar refractivity (Wildman–Crippen MR) is 86.0 cm³/mol. The summed E-state index contributed by atoms with van der Waals surface area (Å²) in [5.41, 5.74) is 8.09. The Labute approximate surface area is 135 Å². The van der Waals surface area contributed by atoms with Gasteiger partial charge in [0.05, 0.1) is 0 Å². The molecule has 0 bridgehead atoms. The van der Waals surface area contributed by atoms with E-state index in [1.54, 1.807) is 0 Å². The number of hydrogen-bond acceptors (Lipinski definition) is 2. The SMILES string of the molecule is Cl.N[C@@H]1CN(Cc2cc(F)cc(F)c2)C[C@H]1c1ccccc1. The van der Waals surface area contributed by atoms with Crippen LogP contribution in [0.4, 0.5) is 8.78 Å². The Morgan fingerprint density at radius 1 is 1.00 bits per heavy atom. The maximum absolute atomic E-state index is 13.2. The highest BCUT2D eigenvalue weighted by molar-refractivity contribution is 5.85. The number of likely N-dealkylation sites (tertiary alicyclic amines) is 1. The maximum Gasteiger partial charge on any atom is 0.126 e. The quantitative estimate of drug-likeness (QED) is 0.938. The largest absolute Gasteiger partial charge is 0.326 e. The summed E-state index contributed by atoms with van der Waals surface area (Å²) in [5.74, 6) is -0.800. The smallest absolute Gasteiger partial charge is 0.126 e. The Hall–Kier alpha value is -1.49. The summed E-state index contributed by atoms with van der Waals surface area (Å²) in [6, 6.07) is 13.9. The van der Waals surface area contributed by atoms with Crippen molar-refractivity contribution < 1.29 is 8.78 Å². The maximum atomic E-state index is 13.2. The third-order valence-electron chi connectivity index (χ3n) is 4.00. The second-order valence-corrected chi connectivity index (χ2v) is 5.65. The fourth-order valence-corrected chi connectivity index (χ4v) is 3.06. The van der Waals surface area contributed by atoms with Gasteiger partial charge in [-0.15, -0.1) is 12.4 Å². The lowest BCUT2D eigenvalue weighted by atomic mass is 9.95. The third-order valence-corrected chi connectivity index (χ3v) is 4.00. The highest BCUT2D eigenvalue weighted by atomic mass is 35.5. The molecule has 3 rings (SSSR count). The fourth-order valence-electron chi connectivity index (χ4n) is 3.06. The molecule has 1 aliphatic heterocycles. The Balaban J connectivity index is 0.00000176. The van der Waals surface area contributed by atoms with E-state index in [4.69, 9.17) is 5.73 Å². The molecule has 0 spiro atoms. The summed E-state index contributed by atoms with van der Waals surface area (Å²) in [5, 5.41) is 0. The van der Waals surface area contributed by atoms with Crippen molar-refractivity contribution in [1.82, 2.24) is 4.90 Å². The molecule has 1 saturated heterocycles. The molecule has 2 aromatic rings. The second kappa shape index (κ2) is 7.18. The zero-order valence-corrected chi connectivity index (χ0v) is 12.9. The van der Waals surface area contributed by atoms with E-state index in [1.165, 1.54) is 17.7 Å². The third kappa shape index (κ3) is 3.83. The Morgan fingerprint density at radius 2 is 1.64 bits per heavy atom. The van der Waals surface area contributed by atoms with Crippen molar-refractivity contribution in [3.05, 3.63) is 71.3 Å². The molecule has 0 amide bonds. The van der Waals surface area contributed by atoms with Crippen LogP contribution in [0.3, 0.4) is 0 Å². The van der Waals surface area contributed by atoms with Crippen LogP contribution in [0.15, 0.2) is 48.5 Å². The number of halogens is 3. The molecule has 5 heteroatoms. The molecular formula is C17H19ClF2N2. The van der Waals surface area contributed by atoms with E-state index < -0.39 is 11.6 Å². The molecule has 0 radical (unpaired) electrons. The lowest BCUT2D eigenvalue weighted by Gasteiger charge is -2.16. The van der Waals surface area contributed by atoms with Gasteiger partial charge in [0.15, 0.2) is 0 Å². The molecule has 2 atom stereocenters. The van der Waals surface area contributed by atoms with Gasteiger partial charge in [0, 0.05) is 37.7 Å². The van der Waals surface area contributed by atoms with Crippen molar-refractivity contribution in [2.45, 2.75) is 18.5 Å². The first kappa shape index (κ1) is 16.9. The molecule has 2 N–H and O–H groups in total. The van der Waals surface area contributed by atoms with Crippen LogP contribution in [0.5, 0.6) is 0 Å². The predicted octanol–water partition coefficient (Wildman–Crippen LogP) is 3.31. The van der Waals surface area contributed by atoms with Crippen molar-refractivity contribution in [2.75, 3.05) is 13.1 Å². The molecule has 118 valence electrons. The average Bonchev–Trinajstić information content (AvgIpc) is 2.79. The molecule has 0 aliphatic carbocycles. The molecule has 1 aliphatic rings. The number of hydrogen-bond donors (Lipinski definition) is 1. The van der Waals surface area contributed by atoms with Crippen LogP contribution in [0, 0.1) is 11.6 Å². The molecule has 0 aromatic heterocycles. The first-order chi connectivity index (χ1) is 10.1. The Bertz CT molecular complexity index is 601. The standard InChI is InChI=1S/C17H18F2N2.ClH/c18-14-6-12(7-15(19)8-14)9-21-10-16(17(20)11-21)13-4-2-1-3-5-13;/h1-8,16-17H,9-11,20H2;1H/t16-,17+;/m0./s1. The van der Waals surface area contributed by atoms with Gasteiger partial charge in [0.2, 0.25) is 0 Å². The zero-order valence-electron chi connectivity index (χ0n) is 12.1. The lowest BCUT2D eigenvalue weighted by Crippen LogP contribution is -2.28. The number of benzene rings is 2. The molecular weight excluding hydrogens is 306 g/mol. The number of nitrogens with two attached hydrogens (primary N) is 1. The van der Waals surface area contributed by atoms with Crippen molar-refractivity contribution in [3.8, 4) is 0 Å². The molecule has 2 nitrogen and oxygen atoms in total. The van der Waals surface area contributed by atoms with Crippen LogP contribution in [0.1, 0.15) is 17.0 Å². The summed E-state index contributed by atoms with van der Waals surface area (Å²) in [4.78, 5) is 2.15. The van der Waals surface area contributed by atoms with Crippen LogP contribution in [-0.4, -0.2) is 24.0 Å². The molecule has 0 unspecified atom stereocenters. The summed E-state index contributed by atoms with van der Waals surface area (Å²) in [6.45, 7) is 2.06. The van der Waals surface area contributed by atoms with E-state index in [0.717, 1.165) is 19.2 Å². The van der Waals surface area contributed by atoms with Crippen LogP contribution < -0.4 is 5.73 Å². The van der Waals surface area contributed by atoms with E-state index in [2.05, 4.69) is 17.0 Å². The van der Waals surface area contributed by atoms with Gasteiger partial charge in [0.25, 0.3) is 0 Å².